The summed E-state index contributed by atoms with van der Waals surface area (Å²) < 4.78 is 26.1. The van der Waals surface area contributed by atoms with Gasteiger partial charge in [0.25, 0.3) is 15.7 Å². The van der Waals surface area contributed by atoms with Crippen LogP contribution in [0.4, 0.5) is 11.4 Å². The van der Waals surface area contributed by atoms with Gasteiger partial charge >= 0.3 is 0 Å². The molecule has 1 amide bonds. The van der Waals surface area contributed by atoms with Crippen LogP contribution >= 0.6 is 0 Å². The fourth-order valence-electron chi connectivity index (χ4n) is 1.94. The van der Waals surface area contributed by atoms with Gasteiger partial charge in [0.2, 0.25) is 5.91 Å². The van der Waals surface area contributed by atoms with Crippen molar-refractivity contribution in [3.8, 4) is 0 Å². The molecule has 0 aliphatic rings. The van der Waals surface area contributed by atoms with E-state index < -0.39 is 27.4 Å². The summed E-state index contributed by atoms with van der Waals surface area (Å²) in [6, 6.07) is 12.4. The number of nitrogens with zero attached hydrogens (tertiary/aromatic N) is 2. The van der Waals surface area contributed by atoms with E-state index in [1.807, 2.05) is 0 Å². The summed E-state index contributed by atoms with van der Waals surface area (Å²) in [6.07, 6.45) is 0. The summed E-state index contributed by atoms with van der Waals surface area (Å²) >= 11 is 0. The second-order valence-corrected chi connectivity index (χ2v) is 6.43. The number of amides is 1. The van der Waals surface area contributed by atoms with Gasteiger partial charge in [0.15, 0.2) is 0 Å². The number of non-ortho nitro benzene ring substituents is 1. The first-order valence-corrected chi connectivity index (χ1v) is 7.87. The van der Waals surface area contributed by atoms with E-state index in [0.717, 1.165) is 10.4 Å². The van der Waals surface area contributed by atoms with Crippen LogP contribution < -0.4 is 10.0 Å². The molecular weight excluding hydrogens is 322 g/mol. The van der Waals surface area contributed by atoms with Crippen LogP contribution in [0.15, 0.2) is 59.5 Å². The number of carbonyl (C=O) groups excluding carboxylic acids is 1. The lowest BCUT2D eigenvalue weighted by atomic mass is 10.3. The van der Waals surface area contributed by atoms with Crippen molar-refractivity contribution in [2.24, 2.45) is 5.73 Å². The van der Waals surface area contributed by atoms with Gasteiger partial charge in [-0.1, -0.05) is 24.3 Å². The summed E-state index contributed by atoms with van der Waals surface area (Å²) in [5, 5.41) is 10.9. The van der Waals surface area contributed by atoms with Crippen molar-refractivity contribution in [2.45, 2.75) is 4.90 Å². The van der Waals surface area contributed by atoms with Crippen LogP contribution in [0.25, 0.3) is 0 Å². The van der Waals surface area contributed by atoms with E-state index in [1.54, 1.807) is 6.07 Å². The molecule has 0 unspecified atom stereocenters. The maximum atomic E-state index is 12.7. The number of anilines is 1. The number of nitro benzene ring substituents is 1. The Hall–Kier alpha value is -2.94. The molecule has 2 rings (SSSR count). The number of rotatable bonds is 6. The average Bonchev–Trinajstić information content (AvgIpc) is 2.53. The molecule has 120 valence electrons. The largest absolute Gasteiger partial charge is 0.368 e. The van der Waals surface area contributed by atoms with Crippen LogP contribution in [0.3, 0.4) is 0 Å². The molecule has 0 atom stereocenters. The molecule has 0 aliphatic carbocycles. The molecule has 8 nitrogen and oxygen atoms in total. The van der Waals surface area contributed by atoms with Gasteiger partial charge in [0.1, 0.15) is 6.54 Å². The number of benzene rings is 2. The Kier molecular flexibility index (Phi) is 4.60. The highest BCUT2D eigenvalue weighted by Gasteiger charge is 2.27. The highest BCUT2D eigenvalue weighted by molar-refractivity contribution is 7.92. The Morgan fingerprint density at radius 3 is 2.35 bits per heavy atom. The maximum absolute atomic E-state index is 12.7. The van der Waals surface area contributed by atoms with Crippen LogP contribution in [0, 0.1) is 10.1 Å². The maximum Gasteiger partial charge on any atom is 0.271 e. The van der Waals surface area contributed by atoms with Crippen molar-refractivity contribution in [1.82, 2.24) is 0 Å². The molecule has 2 aromatic rings. The van der Waals surface area contributed by atoms with E-state index in [1.165, 1.54) is 42.5 Å². The third-order valence-electron chi connectivity index (χ3n) is 2.96. The van der Waals surface area contributed by atoms with Gasteiger partial charge in [-0.15, -0.1) is 0 Å². The zero-order valence-corrected chi connectivity index (χ0v) is 12.6. The van der Waals surface area contributed by atoms with Crippen LogP contribution in [-0.4, -0.2) is 25.8 Å². The lowest BCUT2D eigenvalue weighted by Crippen LogP contribution is -2.38. The number of primary amides is 1. The minimum Gasteiger partial charge on any atom is -0.368 e. The average molecular weight is 335 g/mol. The van der Waals surface area contributed by atoms with Crippen molar-refractivity contribution in [1.29, 1.82) is 0 Å². The Bertz CT molecular complexity index is 837. The quantitative estimate of drug-likeness (QED) is 0.629. The molecule has 2 aromatic carbocycles. The molecule has 2 N–H and O–H groups in total. The molecule has 0 saturated carbocycles. The van der Waals surface area contributed by atoms with Gasteiger partial charge in [-0.05, 0) is 18.2 Å². The minimum absolute atomic E-state index is 0.0122. The highest BCUT2D eigenvalue weighted by Crippen LogP contribution is 2.26. The Morgan fingerprint density at radius 1 is 1.13 bits per heavy atom. The number of nitro groups is 1. The third kappa shape index (κ3) is 3.64. The summed E-state index contributed by atoms with van der Waals surface area (Å²) in [5.41, 5.74) is 4.82. The molecule has 9 heteroatoms. The van der Waals surface area contributed by atoms with Crippen LogP contribution in [0.2, 0.25) is 0 Å². The van der Waals surface area contributed by atoms with Gasteiger partial charge < -0.3 is 5.73 Å². The fourth-order valence-corrected chi connectivity index (χ4v) is 3.38. The highest BCUT2D eigenvalue weighted by atomic mass is 32.2. The van der Waals surface area contributed by atoms with Crippen molar-refractivity contribution in [3.05, 3.63) is 64.7 Å². The normalized spacial score (nSPS) is 11.0. The van der Waals surface area contributed by atoms with Crippen LogP contribution in [-0.2, 0) is 14.8 Å². The van der Waals surface area contributed by atoms with Crippen LogP contribution in [0.5, 0.6) is 0 Å². The van der Waals surface area contributed by atoms with Crippen molar-refractivity contribution < 1.29 is 18.1 Å². The molecule has 0 aliphatic heterocycles. The summed E-state index contributed by atoms with van der Waals surface area (Å²) in [7, 11) is -4.08. The molecule has 23 heavy (non-hydrogen) atoms. The van der Waals surface area contributed by atoms with E-state index >= 15 is 0 Å². The lowest BCUT2D eigenvalue weighted by molar-refractivity contribution is -0.384. The second-order valence-electron chi connectivity index (χ2n) is 4.57. The Balaban J connectivity index is 2.56. The number of nitrogens with two attached hydrogens (primary N) is 1. The fraction of sp³-hybridized carbons (Fsp3) is 0.0714. The Morgan fingerprint density at radius 2 is 1.78 bits per heavy atom. The molecule has 0 bridgehead atoms. The first-order valence-electron chi connectivity index (χ1n) is 6.43. The first-order chi connectivity index (χ1) is 10.8. The number of carbonyl (C=O) groups is 1. The second kappa shape index (κ2) is 6.44. The molecule has 0 spiro atoms. The minimum atomic E-state index is -4.08. The Labute approximate surface area is 132 Å². The lowest BCUT2D eigenvalue weighted by Gasteiger charge is -2.22. The molecule has 0 heterocycles. The predicted molar refractivity (Wildman–Crippen MR) is 83.3 cm³/mol. The summed E-state index contributed by atoms with van der Waals surface area (Å²) in [6.45, 7) is -0.627. The molecule has 0 saturated heterocycles. The standard InChI is InChI=1S/C14H13N3O5S/c15-14(18)10-16(11-5-4-6-12(9-11)17(19)20)23(21,22)13-7-2-1-3-8-13/h1-9H,10H2,(H2,15,18). The third-order valence-corrected chi connectivity index (χ3v) is 4.75. The van der Waals surface area contributed by atoms with E-state index in [2.05, 4.69) is 0 Å². The molecule has 0 fully saturated rings. The zero-order chi connectivity index (χ0) is 17.0. The van der Waals surface area contributed by atoms with Crippen LogP contribution in [0.1, 0.15) is 0 Å². The molecular formula is C14H13N3O5S. The summed E-state index contributed by atoms with van der Waals surface area (Å²) in [5.74, 6) is -0.879. The van der Waals surface area contributed by atoms with Gasteiger partial charge in [-0.3, -0.25) is 19.2 Å². The van der Waals surface area contributed by atoms with Gasteiger partial charge in [0.05, 0.1) is 15.5 Å². The van der Waals surface area contributed by atoms with Crippen molar-refractivity contribution in [3.63, 3.8) is 0 Å². The number of hydrogen-bond acceptors (Lipinski definition) is 5. The molecule has 0 aromatic heterocycles. The molecule has 0 radical (unpaired) electrons. The number of hydrogen-bond donors (Lipinski definition) is 1. The van der Waals surface area contributed by atoms with Crippen molar-refractivity contribution >= 4 is 27.3 Å². The monoisotopic (exact) mass is 335 g/mol. The predicted octanol–water partition coefficient (Wildman–Crippen LogP) is 1.28. The SMILES string of the molecule is NC(=O)CN(c1cccc([N+](=O)[O-])c1)S(=O)(=O)c1ccccc1. The number of sulfonamides is 1. The first kappa shape index (κ1) is 16.4. The van der Waals surface area contributed by atoms with E-state index in [-0.39, 0.29) is 16.3 Å². The van der Waals surface area contributed by atoms with Gasteiger partial charge in [-0.25, -0.2) is 8.42 Å². The summed E-state index contributed by atoms with van der Waals surface area (Å²) in [4.78, 5) is 21.4. The van der Waals surface area contributed by atoms with E-state index in [9.17, 15) is 23.3 Å². The topological polar surface area (TPSA) is 124 Å². The van der Waals surface area contributed by atoms with E-state index in [4.69, 9.17) is 5.73 Å². The van der Waals surface area contributed by atoms with E-state index in [0.29, 0.717) is 0 Å². The van der Waals surface area contributed by atoms with Gasteiger partial charge in [-0.2, -0.15) is 0 Å². The zero-order valence-electron chi connectivity index (χ0n) is 11.8. The van der Waals surface area contributed by atoms with Gasteiger partial charge in [0, 0.05) is 12.1 Å². The smallest absolute Gasteiger partial charge is 0.271 e. The van der Waals surface area contributed by atoms with Crippen molar-refractivity contribution in [2.75, 3.05) is 10.8 Å².